The van der Waals surface area contributed by atoms with Crippen LogP contribution in [0.15, 0.2) is 48.5 Å². The van der Waals surface area contributed by atoms with E-state index in [9.17, 15) is 4.79 Å². The average Bonchev–Trinajstić information content (AvgIpc) is 2.49. The van der Waals surface area contributed by atoms with Crippen LogP contribution in [0.2, 0.25) is 0 Å². The quantitative estimate of drug-likeness (QED) is 0.902. The molecule has 2 aromatic rings. The third kappa shape index (κ3) is 4.18. The highest BCUT2D eigenvalue weighted by Crippen LogP contribution is 2.22. The number of rotatable bonds is 4. The largest absolute Gasteiger partial charge is 0.396 e. The van der Waals surface area contributed by atoms with Gasteiger partial charge in [0.25, 0.3) is 5.91 Å². The lowest BCUT2D eigenvalue weighted by atomic mass is 9.87. The first kappa shape index (κ1) is 16.2. The van der Waals surface area contributed by atoms with E-state index in [1.54, 1.807) is 0 Å². The van der Waals surface area contributed by atoms with Gasteiger partial charge in [-0.2, -0.15) is 0 Å². The lowest BCUT2D eigenvalue weighted by Gasteiger charge is -2.19. The Labute approximate surface area is 132 Å². The number of amides is 1. The smallest absolute Gasteiger partial charge is 0.255 e. The van der Waals surface area contributed by atoms with Crippen LogP contribution < -0.4 is 5.32 Å². The molecule has 0 aliphatic carbocycles. The van der Waals surface area contributed by atoms with E-state index in [4.69, 9.17) is 5.11 Å². The minimum Gasteiger partial charge on any atom is -0.396 e. The van der Waals surface area contributed by atoms with Gasteiger partial charge in [0.1, 0.15) is 0 Å². The van der Waals surface area contributed by atoms with Gasteiger partial charge >= 0.3 is 0 Å². The molecule has 0 heterocycles. The molecule has 0 bridgehead atoms. The third-order valence-corrected chi connectivity index (χ3v) is 3.63. The van der Waals surface area contributed by atoms with Gasteiger partial charge in [-0.15, -0.1) is 0 Å². The molecule has 0 aromatic heterocycles. The summed E-state index contributed by atoms with van der Waals surface area (Å²) in [6.45, 7) is 6.58. The van der Waals surface area contributed by atoms with Crippen molar-refractivity contribution in [2.45, 2.75) is 32.6 Å². The summed E-state index contributed by atoms with van der Waals surface area (Å²) in [6.07, 6.45) is 0.627. The highest BCUT2D eigenvalue weighted by atomic mass is 16.2. The van der Waals surface area contributed by atoms with Crippen LogP contribution in [0.5, 0.6) is 0 Å². The molecule has 3 nitrogen and oxygen atoms in total. The predicted molar refractivity (Wildman–Crippen MR) is 90.3 cm³/mol. The van der Waals surface area contributed by atoms with Crippen LogP contribution in [-0.2, 0) is 11.8 Å². The van der Waals surface area contributed by atoms with Crippen molar-refractivity contribution >= 4 is 11.6 Å². The first-order valence-corrected chi connectivity index (χ1v) is 7.52. The number of carbonyl (C=O) groups is 1. The maximum absolute atomic E-state index is 12.2. The van der Waals surface area contributed by atoms with Crippen molar-refractivity contribution in [3.8, 4) is 0 Å². The number of carbonyl (C=O) groups excluding carboxylic acids is 1. The highest BCUT2D eigenvalue weighted by molar-refractivity contribution is 6.04. The van der Waals surface area contributed by atoms with Crippen molar-refractivity contribution in [2.75, 3.05) is 11.9 Å². The third-order valence-electron chi connectivity index (χ3n) is 3.63. The molecular formula is C19H23NO2. The Hall–Kier alpha value is -2.13. The second-order valence-corrected chi connectivity index (χ2v) is 6.45. The summed E-state index contributed by atoms with van der Waals surface area (Å²) in [5, 5.41) is 11.8. The van der Waals surface area contributed by atoms with E-state index in [1.165, 1.54) is 5.56 Å². The monoisotopic (exact) mass is 297 g/mol. The molecule has 22 heavy (non-hydrogen) atoms. The number of hydrogen-bond acceptors (Lipinski definition) is 2. The molecule has 3 heteroatoms. The normalized spacial score (nSPS) is 11.3. The van der Waals surface area contributed by atoms with Crippen LogP contribution in [0, 0.1) is 0 Å². The van der Waals surface area contributed by atoms with E-state index < -0.39 is 0 Å². The van der Waals surface area contributed by atoms with E-state index in [1.807, 2.05) is 48.5 Å². The van der Waals surface area contributed by atoms with Crippen molar-refractivity contribution in [1.82, 2.24) is 0 Å². The van der Waals surface area contributed by atoms with E-state index in [0.717, 1.165) is 11.3 Å². The SMILES string of the molecule is CC(C)(C)c1ccc(C(=O)Nc2ccc(CCO)cc2)cc1. The number of nitrogens with one attached hydrogen (secondary N) is 1. The second-order valence-electron chi connectivity index (χ2n) is 6.45. The van der Waals surface area contributed by atoms with E-state index in [-0.39, 0.29) is 17.9 Å². The van der Waals surface area contributed by atoms with Crippen molar-refractivity contribution < 1.29 is 9.90 Å². The van der Waals surface area contributed by atoms with Gasteiger partial charge in [0, 0.05) is 17.9 Å². The van der Waals surface area contributed by atoms with Crippen LogP contribution >= 0.6 is 0 Å². The maximum atomic E-state index is 12.2. The Morgan fingerprint density at radius 1 is 1.00 bits per heavy atom. The fourth-order valence-electron chi connectivity index (χ4n) is 2.21. The van der Waals surface area contributed by atoms with Crippen LogP contribution in [0.4, 0.5) is 5.69 Å². The van der Waals surface area contributed by atoms with Crippen molar-refractivity contribution in [1.29, 1.82) is 0 Å². The highest BCUT2D eigenvalue weighted by Gasteiger charge is 2.14. The summed E-state index contributed by atoms with van der Waals surface area (Å²) >= 11 is 0. The van der Waals surface area contributed by atoms with Gasteiger partial charge in [0.2, 0.25) is 0 Å². The summed E-state index contributed by atoms with van der Waals surface area (Å²) in [6, 6.07) is 15.2. The zero-order valence-corrected chi connectivity index (χ0v) is 13.4. The average molecular weight is 297 g/mol. The summed E-state index contributed by atoms with van der Waals surface area (Å²) in [7, 11) is 0. The minimum absolute atomic E-state index is 0.0809. The van der Waals surface area contributed by atoms with Gasteiger partial charge in [-0.05, 0) is 47.2 Å². The molecular weight excluding hydrogens is 274 g/mol. The summed E-state index contributed by atoms with van der Waals surface area (Å²) in [5.41, 5.74) is 3.74. The molecule has 2 aromatic carbocycles. The van der Waals surface area contributed by atoms with Gasteiger partial charge in [-0.3, -0.25) is 4.79 Å². The van der Waals surface area contributed by atoms with Gasteiger partial charge < -0.3 is 10.4 Å². The number of benzene rings is 2. The zero-order chi connectivity index (χ0) is 16.2. The molecule has 116 valence electrons. The maximum Gasteiger partial charge on any atom is 0.255 e. The van der Waals surface area contributed by atoms with Crippen LogP contribution in [0.25, 0.3) is 0 Å². The van der Waals surface area contributed by atoms with E-state index >= 15 is 0 Å². The van der Waals surface area contributed by atoms with Crippen LogP contribution in [0.3, 0.4) is 0 Å². The van der Waals surface area contributed by atoms with Gasteiger partial charge in [0.15, 0.2) is 0 Å². The number of hydrogen-bond donors (Lipinski definition) is 2. The van der Waals surface area contributed by atoms with Crippen molar-refractivity contribution in [3.05, 3.63) is 65.2 Å². The number of aliphatic hydroxyl groups excluding tert-OH is 1. The molecule has 0 aliphatic rings. The van der Waals surface area contributed by atoms with Crippen LogP contribution in [-0.4, -0.2) is 17.6 Å². The Kier molecular flexibility index (Phi) is 4.99. The molecule has 2 rings (SSSR count). The molecule has 2 N–H and O–H groups in total. The molecule has 0 atom stereocenters. The Morgan fingerprint density at radius 3 is 2.09 bits per heavy atom. The standard InChI is InChI=1S/C19H23NO2/c1-19(2,3)16-8-6-15(7-9-16)18(22)20-17-10-4-14(5-11-17)12-13-21/h4-11,21H,12-13H2,1-3H3,(H,20,22). The molecule has 0 aliphatic heterocycles. The molecule has 1 amide bonds. The van der Waals surface area contributed by atoms with E-state index in [0.29, 0.717) is 12.0 Å². The number of aliphatic hydroxyl groups is 1. The minimum atomic E-state index is -0.115. The summed E-state index contributed by atoms with van der Waals surface area (Å²) < 4.78 is 0. The van der Waals surface area contributed by atoms with Gasteiger partial charge in [0.05, 0.1) is 0 Å². The van der Waals surface area contributed by atoms with Crippen molar-refractivity contribution in [2.24, 2.45) is 0 Å². The molecule has 0 unspecified atom stereocenters. The van der Waals surface area contributed by atoms with E-state index in [2.05, 4.69) is 26.1 Å². The Bertz CT molecular complexity index is 622. The molecule has 0 radical (unpaired) electrons. The molecule has 0 saturated carbocycles. The lowest BCUT2D eigenvalue weighted by Crippen LogP contribution is -2.14. The first-order chi connectivity index (χ1) is 10.4. The lowest BCUT2D eigenvalue weighted by molar-refractivity contribution is 0.102. The Morgan fingerprint density at radius 2 is 1.59 bits per heavy atom. The van der Waals surface area contributed by atoms with Crippen molar-refractivity contribution in [3.63, 3.8) is 0 Å². The van der Waals surface area contributed by atoms with Gasteiger partial charge in [-0.25, -0.2) is 0 Å². The zero-order valence-electron chi connectivity index (χ0n) is 13.4. The van der Waals surface area contributed by atoms with Crippen LogP contribution in [0.1, 0.15) is 42.3 Å². The van der Waals surface area contributed by atoms with Gasteiger partial charge in [-0.1, -0.05) is 45.0 Å². The summed E-state index contributed by atoms with van der Waals surface area (Å²) in [4.78, 5) is 12.2. The fourth-order valence-corrected chi connectivity index (χ4v) is 2.21. The predicted octanol–water partition coefficient (Wildman–Crippen LogP) is 3.77. The summed E-state index contributed by atoms with van der Waals surface area (Å²) in [5.74, 6) is -0.115. The number of anilines is 1. The molecule has 0 spiro atoms. The first-order valence-electron chi connectivity index (χ1n) is 7.52. The molecule has 0 fully saturated rings. The molecule has 0 saturated heterocycles. The Balaban J connectivity index is 2.05. The second kappa shape index (κ2) is 6.75. The fraction of sp³-hybridized carbons (Fsp3) is 0.316. The topological polar surface area (TPSA) is 49.3 Å².